The Morgan fingerprint density at radius 1 is 0.878 bits per heavy atom. The predicted molar refractivity (Wildman–Crippen MR) is 163 cm³/mol. The van der Waals surface area contributed by atoms with Gasteiger partial charge in [-0.1, -0.05) is 29.3 Å². The van der Waals surface area contributed by atoms with E-state index in [2.05, 4.69) is 62.9 Å². The van der Waals surface area contributed by atoms with E-state index in [4.69, 9.17) is 9.47 Å². The molecule has 0 spiro atoms. The van der Waals surface area contributed by atoms with Gasteiger partial charge in [0.15, 0.2) is 0 Å². The number of aromatic nitrogens is 1. The largest absolute Gasteiger partial charge is 0.463 e. The lowest BCUT2D eigenvalue weighted by Gasteiger charge is -2.20. The van der Waals surface area contributed by atoms with Crippen LogP contribution in [0.1, 0.15) is 37.0 Å². The van der Waals surface area contributed by atoms with E-state index in [1.807, 2.05) is 18.2 Å². The van der Waals surface area contributed by atoms with Gasteiger partial charge in [-0.2, -0.15) is 0 Å². The maximum Gasteiger partial charge on any atom is 0.338 e. The van der Waals surface area contributed by atoms with Gasteiger partial charge in [-0.05, 0) is 81.3 Å². The van der Waals surface area contributed by atoms with E-state index in [9.17, 15) is 9.59 Å². The third-order valence-electron chi connectivity index (χ3n) is 5.84. The van der Waals surface area contributed by atoms with Gasteiger partial charge in [0.1, 0.15) is 9.83 Å². The highest BCUT2D eigenvalue weighted by Gasteiger charge is 2.10. The summed E-state index contributed by atoms with van der Waals surface area (Å²) >= 11 is 2.86. The molecule has 12 heteroatoms. The van der Waals surface area contributed by atoms with Crippen molar-refractivity contribution in [3.63, 3.8) is 0 Å². The molecule has 0 saturated heterocycles. The number of ether oxygens (including phenoxy) is 2. The first kappa shape index (κ1) is 29.7. The molecule has 0 aliphatic heterocycles. The molecule has 2 aromatic carbocycles. The predicted octanol–water partition coefficient (Wildman–Crippen LogP) is 8.70. The Kier molecular flexibility index (Phi) is 10.8. The van der Waals surface area contributed by atoms with Crippen molar-refractivity contribution in [3.05, 3.63) is 72.8 Å². The van der Waals surface area contributed by atoms with E-state index in [1.54, 1.807) is 24.3 Å². The maximum absolute atomic E-state index is 12.2. The fraction of sp³-hybridized carbons (Fsp3) is 0.276. The Hall–Kier alpha value is -4.29. The molecule has 2 heterocycles. The molecule has 212 valence electrons. The van der Waals surface area contributed by atoms with Gasteiger partial charge < -0.3 is 14.4 Å². The van der Waals surface area contributed by atoms with Crippen molar-refractivity contribution in [1.82, 2.24) is 4.98 Å². The molecule has 0 aliphatic rings. The van der Waals surface area contributed by atoms with E-state index < -0.39 is 11.9 Å². The van der Waals surface area contributed by atoms with E-state index in [1.165, 1.54) is 22.7 Å². The third-order valence-corrected chi connectivity index (χ3v) is 7.77. The van der Waals surface area contributed by atoms with Crippen LogP contribution >= 0.6 is 22.7 Å². The summed E-state index contributed by atoms with van der Waals surface area (Å²) in [5, 5.41) is 18.5. The number of hydrogen-bond donors (Lipinski definition) is 0. The zero-order chi connectivity index (χ0) is 29.0. The molecule has 0 amide bonds. The van der Waals surface area contributed by atoms with Gasteiger partial charge in [-0.25, -0.2) is 14.6 Å². The quantitative estimate of drug-likeness (QED) is 0.0627. The van der Waals surface area contributed by atoms with Gasteiger partial charge in [0.25, 0.3) is 0 Å². The van der Waals surface area contributed by atoms with Crippen LogP contribution < -0.4 is 4.90 Å². The van der Waals surface area contributed by atoms with Crippen LogP contribution in [0.5, 0.6) is 0 Å². The number of nitrogens with zero attached hydrogens (tertiary/aromatic N) is 6. The number of esters is 2. The number of fused-ring (bicyclic) bond motifs is 1. The summed E-state index contributed by atoms with van der Waals surface area (Å²) in [6, 6.07) is 16.6. The number of benzene rings is 2. The smallest absolute Gasteiger partial charge is 0.338 e. The summed E-state index contributed by atoms with van der Waals surface area (Å²) in [6.07, 6.45) is 2.30. The highest BCUT2D eigenvalue weighted by atomic mass is 32.1. The fourth-order valence-corrected chi connectivity index (χ4v) is 5.53. The Balaban J connectivity index is 1.26. The second-order valence-electron chi connectivity index (χ2n) is 8.60. The number of thiazole rings is 1. The van der Waals surface area contributed by atoms with Crippen molar-refractivity contribution in [2.75, 3.05) is 31.2 Å². The molecule has 0 bridgehead atoms. The first-order valence-electron chi connectivity index (χ1n) is 13.1. The average molecular weight is 591 g/mol. The molecule has 0 aliphatic carbocycles. The van der Waals surface area contributed by atoms with Gasteiger partial charge in [-0.15, -0.1) is 20.5 Å². The first-order valence-corrected chi connectivity index (χ1v) is 14.8. The second-order valence-corrected chi connectivity index (χ2v) is 10.6. The van der Waals surface area contributed by atoms with Crippen LogP contribution in [0.15, 0.2) is 87.7 Å². The Morgan fingerprint density at radius 2 is 1.51 bits per heavy atom. The molecule has 0 saturated carbocycles. The van der Waals surface area contributed by atoms with Gasteiger partial charge in [-0.3, -0.25) is 0 Å². The third kappa shape index (κ3) is 8.60. The molecule has 41 heavy (non-hydrogen) atoms. The zero-order valence-corrected chi connectivity index (χ0v) is 24.5. The van der Waals surface area contributed by atoms with Crippen LogP contribution in [0.3, 0.4) is 0 Å². The number of hydrogen-bond acceptors (Lipinski definition) is 12. The second kappa shape index (κ2) is 14.9. The summed E-state index contributed by atoms with van der Waals surface area (Å²) in [4.78, 5) is 30.8. The van der Waals surface area contributed by atoms with Crippen LogP contribution in [-0.2, 0) is 14.3 Å². The molecule has 0 unspecified atom stereocenters. The molecule has 10 nitrogen and oxygen atoms in total. The van der Waals surface area contributed by atoms with E-state index in [-0.39, 0.29) is 13.2 Å². The molecule has 0 radical (unpaired) electrons. The molecule has 0 fully saturated rings. The van der Waals surface area contributed by atoms with Gasteiger partial charge in [0.2, 0.25) is 5.13 Å². The summed E-state index contributed by atoms with van der Waals surface area (Å²) in [5.74, 6) is -0.888. The van der Waals surface area contributed by atoms with Crippen LogP contribution in [0.25, 0.3) is 9.53 Å². The van der Waals surface area contributed by atoms with E-state index in [0.717, 1.165) is 45.1 Å². The summed E-state index contributed by atoms with van der Waals surface area (Å²) < 4.78 is 11.1. The Morgan fingerprint density at radius 3 is 2.15 bits per heavy atom. The number of carbonyl (C=O) groups is 2. The minimum absolute atomic E-state index is 0.239. The SMILES string of the molecule is C=CC(=O)OCCCCOC(=O)c1ccc(/N=N/c2cc3sc(/N=N/c4ccc(N(CC)CC)cc4)nc3s2)cc1. The lowest BCUT2D eigenvalue weighted by Crippen LogP contribution is -2.21. The normalized spacial score (nSPS) is 11.4. The first-order chi connectivity index (χ1) is 20.0. The number of unbranched alkanes of at least 4 members (excludes halogenated alkanes) is 1. The molecular formula is C29H30N6O4S2. The molecule has 0 atom stereocenters. The summed E-state index contributed by atoms with van der Waals surface area (Å²) in [7, 11) is 0. The zero-order valence-electron chi connectivity index (χ0n) is 22.9. The van der Waals surface area contributed by atoms with Gasteiger partial charge in [0, 0.05) is 24.9 Å². The van der Waals surface area contributed by atoms with Crippen LogP contribution in [-0.4, -0.2) is 43.2 Å². The minimum Gasteiger partial charge on any atom is -0.463 e. The van der Waals surface area contributed by atoms with Crippen LogP contribution in [0, 0.1) is 0 Å². The summed E-state index contributed by atoms with van der Waals surface area (Å²) in [5.41, 5.74) is 2.97. The number of rotatable bonds is 14. The van der Waals surface area contributed by atoms with E-state index >= 15 is 0 Å². The molecule has 2 aromatic heterocycles. The Bertz CT molecular complexity index is 1490. The van der Waals surface area contributed by atoms with Crippen molar-refractivity contribution in [3.8, 4) is 0 Å². The highest BCUT2D eigenvalue weighted by Crippen LogP contribution is 2.39. The van der Waals surface area contributed by atoms with Crippen LogP contribution in [0.4, 0.5) is 27.2 Å². The molecular weight excluding hydrogens is 560 g/mol. The lowest BCUT2D eigenvalue weighted by molar-refractivity contribution is -0.137. The lowest BCUT2D eigenvalue weighted by atomic mass is 10.2. The van der Waals surface area contributed by atoms with Crippen LogP contribution in [0.2, 0.25) is 0 Å². The molecule has 0 N–H and O–H groups in total. The maximum atomic E-state index is 12.2. The van der Waals surface area contributed by atoms with Crippen molar-refractivity contribution in [2.45, 2.75) is 26.7 Å². The Labute approximate surface area is 246 Å². The topological polar surface area (TPSA) is 118 Å². The highest BCUT2D eigenvalue weighted by molar-refractivity contribution is 7.30. The van der Waals surface area contributed by atoms with Crippen molar-refractivity contribution >= 4 is 71.3 Å². The van der Waals surface area contributed by atoms with Crippen molar-refractivity contribution in [2.24, 2.45) is 20.5 Å². The number of anilines is 1. The standard InChI is InChI=1S/C29H30N6O4S2/c1-4-26(36)38-17-7-8-18-39-28(37)20-9-11-21(12-10-20)31-33-25-19-24-27(41-25)30-29(40-24)34-32-22-13-15-23(16-14-22)35(5-2)6-3/h4,9-16,19H,1,5-8,17-18H2,2-3H3/b33-31+,34-32+. The van der Waals surface area contributed by atoms with E-state index in [0.29, 0.717) is 29.2 Å². The van der Waals surface area contributed by atoms with Gasteiger partial charge >= 0.3 is 11.9 Å². The number of azo groups is 2. The molecule has 4 rings (SSSR count). The summed E-state index contributed by atoms with van der Waals surface area (Å²) in [6.45, 7) is 10.0. The molecule has 4 aromatic rings. The van der Waals surface area contributed by atoms with Crippen molar-refractivity contribution in [1.29, 1.82) is 0 Å². The monoisotopic (exact) mass is 590 g/mol. The minimum atomic E-state index is -0.463. The number of thiophene rings is 1. The number of carbonyl (C=O) groups excluding carboxylic acids is 2. The van der Waals surface area contributed by atoms with Gasteiger partial charge in [0.05, 0.1) is 34.9 Å². The fourth-order valence-electron chi connectivity index (χ4n) is 3.68. The van der Waals surface area contributed by atoms with Crippen molar-refractivity contribution < 1.29 is 19.1 Å². The average Bonchev–Trinajstić information content (AvgIpc) is 3.56.